The number of nitrogens with zero attached hydrogens (tertiary/aromatic N) is 3. The van der Waals surface area contributed by atoms with E-state index in [1.165, 1.54) is 6.20 Å². The molecule has 0 bridgehead atoms. The van der Waals surface area contributed by atoms with Gasteiger partial charge in [0.2, 0.25) is 0 Å². The summed E-state index contributed by atoms with van der Waals surface area (Å²) >= 11 is 1.54. The molecule has 1 amide bonds. The Labute approximate surface area is 134 Å². The van der Waals surface area contributed by atoms with E-state index < -0.39 is 0 Å². The van der Waals surface area contributed by atoms with Crippen molar-refractivity contribution in [3.63, 3.8) is 0 Å². The van der Waals surface area contributed by atoms with Gasteiger partial charge in [-0.1, -0.05) is 0 Å². The Morgan fingerprint density at radius 1 is 1.45 bits per heavy atom. The number of hydrogen-bond acceptors (Lipinski definition) is 5. The summed E-state index contributed by atoms with van der Waals surface area (Å²) in [6.07, 6.45) is 3.06. The SMILES string of the molecule is Cc1ncsc1CN(C)C(=O)c1cnccc1N.Cl.Cl. The number of carbonyl (C=O) groups excluding carboxylic acids is 1. The molecule has 2 aromatic rings. The molecule has 2 rings (SSSR count). The normalized spacial score (nSPS) is 9.30. The summed E-state index contributed by atoms with van der Waals surface area (Å²) in [7, 11) is 1.74. The molecule has 0 aliphatic carbocycles. The number of nitrogens with two attached hydrogens (primary N) is 1. The number of pyridine rings is 1. The molecule has 2 N–H and O–H groups in total. The zero-order valence-electron chi connectivity index (χ0n) is 11.1. The van der Waals surface area contributed by atoms with E-state index in [1.807, 2.05) is 6.92 Å². The number of hydrogen-bond donors (Lipinski definition) is 1. The lowest BCUT2D eigenvalue weighted by Gasteiger charge is -2.17. The Balaban J connectivity index is 0.00000180. The van der Waals surface area contributed by atoms with Gasteiger partial charge in [-0.3, -0.25) is 9.78 Å². The maximum Gasteiger partial charge on any atom is 0.257 e. The Morgan fingerprint density at radius 3 is 2.70 bits per heavy atom. The summed E-state index contributed by atoms with van der Waals surface area (Å²) in [5.41, 5.74) is 9.38. The fraction of sp³-hybridized carbons (Fsp3) is 0.250. The van der Waals surface area contributed by atoms with Crippen LogP contribution in [0.15, 0.2) is 24.0 Å². The number of thiazole rings is 1. The molecule has 110 valence electrons. The lowest BCUT2D eigenvalue weighted by molar-refractivity contribution is 0.0787. The zero-order valence-corrected chi connectivity index (χ0v) is 13.5. The molecule has 0 aromatic carbocycles. The quantitative estimate of drug-likeness (QED) is 0.936. The molecule has 0 spiro atoms. The molecule has 0 fully saturated rings. The fourth-order valence-corrected chi connectivity index (χ4v) is 2.38. The lowest BCUT2D eigenvalue weighted by atomic mass is 10.2. The first kappa shape index (κ1) is 18.6. The molecule has 8 heteroatoms. The highest BCUT2D eigenvalue weighted by molar-refractivity contribution is 7.09. The monoisotopic (exact) mass is 334 g/mol. The first-order valence-electron chi connectivity index (χ1n) is 5.43. The Bertz CT molecular complexity index is 576. The molecular weight excluding hydrogens is 319 g/mol. The van der Waals surface area contributed by atoms with Gasteiger partial charge in [-0.25, -0.2) is 4.98 Å². The van der Waals surface area contributed by atoms with Crippen LogP contribution in [-0.4, -0.2) is 27.8 Å². The number of anilines is 1. The molecule has 0 saturated heterocycles. The number of rotatable bonds is 3. The predicted octanol–water partition coefficient (Wildman–Crippen LogP) is 2.54. The van der Waals surface area contributed by atoms with Gasteiger partial charge in [-0.2, -0.15) is 0 Å². The van der Waals surface area contributed by atoms with Crippen molar-refractivity contribution in [2.24, 2.45) is 0 Å². The summed E-state index contributed by atoms with van der Waals surface area (Å²) < 4.78 is 0. The zero-order chi connectivity index (χ0) is 13.1. The number of nitrogen functional groups attached to an aromatic ring is 1. The molecule has 20 heavy (non-hydrogen) atoms. The number of carbonyl (C=O) groups is 1. The molecule has 0 aliphatic rings. The van der Waals surface area contributed by atoms with Crippen LogP contribution in [0.2, 0.25) is 0 Å². The van der Waals surface area contributed by atoms with Crippen molar-refractivity contribution in [2.45, 2.75) is 13.5 Å². The molecular formula is C12H16Cl2N4OS. The Kier molecular flexibility index (Phi) is 7.49. The summed E-state index contributed by atoms with van der Waals surface area (Å²) in [5.74, 6) is -0.131. The van der Waals surface area contributed by atoms with Crippen LogP contribution < -0.4 is 5.73 Å². The minimum Gasteiger partial charge on any atom is -0.398 e. The topological polar surface area (TPSA) is 72.1 Å². The van der Waals surface area contributed by atoms with Gasteiger partial charge in [0.15, 0.2) is 0 Å². The van der Waals surface area contributed by atoms with Crippen molar-refractivity contribution in [3.05, 3.63) is 40.1 Å². The molecule has 5 nitrogen and oxygen atoms in total. The molecule has 0 unspecified atom stereocenters. The average molecular weight is 335 g/mol. The van der Waals surface area contributed by atoms with E-state index in [9.17, 15) is 4.79 Å². The van der Waals surface area contributed by atoms with E-state index in [0.717, 1.165) is 10.6 Å². The lowest BCUT2D eigenvalue weighted by Crippen LogP contribution is -2.27. The van der Waals surface area contributed by atoms with Crippen molar-refractivity contribution in [1.29, 1.82) is 0 Å². The van der Waals surface area contributed by atoms with Crippen LogP contribution in [-0.2, 0) is 6.54 Å². The summed E-state index contributed by atoms with van der Waals surface area (Å²) in [4.78, 5) is 23.0. The fourth-order valence-electron chi connectivity index (χ4n) is 1.55. The maximum atomic E-state index is 12.2. The van der Waals surface area contributed by atoms with Gasteiger partial charge >= 0.3 is 0 Å². The predicted molar refractivity (Wildman–Crippen MR) is 85.8 cm³/mol. The molecule has 0 aliphatic heterocycles. The highest BCUT2D eigenvalue weighted by Crippen LogP contribution is 2.17. The minimum atomic E-state index is -0.131. The second kappa shape index (κ2) is 8.04. The smallest absolute Gasteiger partial charge is 0.257 e. The van der Waals surface area contributed by atoms with E-state index >= 15 is 0 Å². The largest absolute Gasteiger partial charge is 0.398 e. The third kappa shape index (κ3) is 4.06. The van der Waals surface area contributed by atoms with Crippen molar-refractivity contribution < 1.29 is 4.79 Å². The van der Waals surface area contributed by atoms with Crippen LogP contribution in [0.4, 0.5) is 5.69 Å². The standard InChI is InChI=1S/C12H14N4OS.2ClH/c1-8-11(18-7-15-8)6-16(2)12(17)9-5-14-4-3-10(9)13;;/h3-5,7H,6H2,1-2H3,(H2,13,14);2*1H. The van der Waals surface area contributed by atoms with Crippen molar-refractivity contribution >= 4 is 47.7 Å². The molecule has 2 heterocycles. The average Bonchev–Trinajstić information content (AvgIpc) is 2.75. The minimum absolute atomic E-state index is 0. The van der Waals surface area contributed by atoms with Gasteiger partial charge in [0.1, 0.15) is 0 Å². The number of halogens is 2. The summed E-state index contributed by atoms with van der Waals surface area (Å²) in [6, 6.07) is 1.62. The number of aromatic nitrogens is 2. The van der Waals surface area contributed by atoms with Gasteiger partial charge in [-0.15, -0.1) is 36.2 Å². The molecule has 0 radical (unpaired) electrons. The van der Waals surface area contributed by atoms with Crippen LogP contribution >= 0.6 is 36.2 Å². The van der Waals surface area contributed by atoms with Crippen LogP contribution in [0, 0.1) is 6.92 Å². The van der Waals surface area contributed by atoms with Gasteiger partial charge in [-0.05, 0) is 13.0 Å². The van der Waals surface area contributed by atoms with Crippen LogP contribution in [0.1, 0.15) is 20.9 Å². The third-order valence-corrected chi connectivity index (χ3v) is 3.58. The highest BCUT2D eigenvalue weighted by Gasteiger charge is 2.16. The van der Waals surface area contributed by atoms with Crippen LogP contribution in [0.3, 0.4) is 0 Å². The van der Waals surface area contributed by atoms with E-state index in [1.54, 1.807) is 41.1 Å². The second-order valence-electron chi connectivity index (χ2n) is 3.99. The van der Waals surface area contributed by atoms with Gasteiger partial charge in [0.25, 0.3) is 5.91 Å². The third-order valence-electron chi connectivity index (χ3n) is 2.66. The molecule has 0 atom stereocenters. The van der Waals surface area contributed by atoms with Gasteiger partial charge < -0.3 is 10.6 Å². The first-order valence-corrected chi connectivity index (χ1v) is 6.31. The molecule has 0 saturated carbocycles. The van der Waals surface area contributed by atoms with Crippen molar-refractivity contribution in [3.8, 4) is 0 Å². The van der Waals surface area contributed by atoms with Crippen molar-refractivity contribution in [1.82, 2.24) is 14.9 Å². The van der Waals surface area contributed by atoms with E-state index in [4.69, 9.17) is 5.73 Å². The van der Waals surface area contributed by atoms with Gasteiger partial charge in [0, 0.05) is 30.0 Å². The second-order valence-corrected chi connectivity index (χ2v) is 4.92. The van der Waals surface area contributed by atoms with E-state index in [-0.39, 0.29) is 30.7 Å². The Morgan fingerprint density at radius 2 is 2.15 bits per heavy atom. The van der Waals surface area contributed by atoms with E-state index in [0.29, 0.717) is 17.8 Å². The highest BCUT2D eigenvalue weighted by atomic mass is 35.5. The first-order chi connectivity index (χ1) is 8.59. The van der Waals surface area contributed by atoms with E-state index in [2.05, 4.69) is 9.97 Å². The van der Waals surface area contributed by atoms with Crippen LogP contribution in [0.25, 0.3) is 0 Å². The summed E-state index contributed by atoms with van der Waals surface area (Å²) in [6.45, 7) is 2.46. The number of amides is 1. The maximum absolute atomic E-state index is 12.2. The van der Waals surface area contributed by atoms with Crippen LogP contribution in [0.5, 0.6) is 0 Å². The summed E-state index contributed by atoms with van der Waals surface area (Å²) in [5, 5.41) is 0. The van der Waals surface area contributed by atoms with Crippen molar-refractivity contribution in [2.75, 3.05) is 12.8 Å². The molecule has 2 aromatic heterocycles. The van der Waals surface area contributed by atoms with Gasteiger partial charge in [0.05, 0.1) is 23.3 Å². The number of aryl methyl sites for hydroxylation is 1. The Hall–Kier alpha value is -1.37.